The molecule has 9 heteroatoms. The first kappa shape index (κ1) is 23.3. The summed E-state index contributed by atoms with van der Waals surface area (Å²) in [6, 6.07) is 7.62. The Morgan fingerprint density at radius 3 is 2.57 bits per heavy atom. The molecule has 1 heterocycles. The van der Waals surface area contributed by atoms with Crippen LogP contribution in [0.3, 0.4) is 0 Å². The molecule has 0 aliphatic rings. The number of anilines is 1. The molecule has 30 heavy (non-hydrogen) atoms. The molecule has 0 N–H and O–H groups in total. The topological polar surface area (TPSA) is 84.7 Å². The highest BCUT2D eigenvalue weighted by molar-refractivity contribution is 9.10. The van der Waals surface area contributed by atoms with Gasteiger partial charge in [-0.2, -0.15) is 0 Å². The minimum atomic E-state index is -0.440. The zero-order valence-corrected chi connectivity index (χ0v) is 19.1. The van der Waals surface area contributed by atoms with E-state index < -0.39 is 5.97 Å². The fraction of sp³-hybridized carbons (Fsp3) is 0.333. The molecule has 0 unspecified atom stereocenters. The first-order valence-electron chi connectivity index (χ1n) is 9.28. The molecule has 2 aromatic rings. The van der Waals surface area contributed by atoms with Gasteiger partial charge in [-0.3, -0.25) is 14.4 Å². The van der Waals surface area contributed by atoms with Crippen LogP contribution in [0, 0.1) is 0 Å². The second kappa shape index (κ2) is 10.2. The highest BCUT2D eigenvalue weighted by Crippen LogP contribution is 2.28. The lowest BCUT2D eigenvalue weighted by molar-refractivity contribution is -0.141. The van der Waals surface area contributed by atoms with E-state index in [-0.39, 0.29) is 30.4 Å². The van der Waals surface area contributed by atoms with Gasteiger partial charge in [0, 0.05) is 32.2 Å². The summed E-state index contributed by atoms with van der Waals surface area (Å²) in [5.74, 6) is -0.225. The molecule has 160 valence electrons. The van der Waals surface area contributed by atoms with E-state index in [2.05, 4.69) is 27.5 Å². The maximum absolute atomic E-state index is 13.0. The van der Waals surface area contributed by atoms with Gasteiger partial charge in [0.2, 0.25) is 6.41 Å². The number of ether oxygens (including phenoxy) is 1. The van der Waals surface area contributed by atoms with Crippen LogP contribution >= 0.6 is 15.9 Å². The minimum absolute atomic E-state index is 0.0802. The van der Waals surface area contributed by atoms with Gasteiger partial charge in [0.15, 0.2) is 11.5 Å². The van der Waals surface area contributed by atoms with Crippen molar-refractivity contribution in [1.29, 1.82) is 0 Å². The van der Waals surface area contributed by atoms with Gasteiger partial charge in [0.25, 0.3) is 5.91 Å². The van der Waals surface area contributed by atoms with E-state index in [4.69, 9.17) is 4.74 Å². The number of carbonyl (C=O) groups excluding carboxylic acids is 3. The average molecular weight is 477 g/mol. The smallest absolute Gasteiger partial charge is 0.310 e. The quantitative estimate of drug-likeness (QED) is 0.410. The van der Waals surface area contributed by atoms with Crippen LogP contribution < -0.4 is 4.90 Å². The molecule has 2 rings (SSSR count). The van der Waals surface area contributed by atoms with Crippen LogP contribution in [0.5, 0.6) is 0 Å². The van der Waals surface area contributed by atoms with Crippen molar-refractivity contribution in [1.82, 2.24) is 14.5 Å². The summed E-state index contributed by atoms with van der Waals surface area (Å²) in [7, 11) is 4.76. The van der Waals surface area contributed by atoms with Gasteiger partial charge in [-0.1, -0.05) is 34.6 Å². The number of imidazole rings is 1. The van der Waals surface area contributed by atoms with Gasteiger partial charge >= 0.3 is 5.97 Å². The zero-order valence-electron chi connectivity index (χ0n) is 17.5. The molecule has 0 spiro atoms. The predicted molar refractivity (Wildman–Crippen MR) is 118 cm³/mol. The number of halogens is 1. The molecule has 0 atom stereocenters. The van der Waals surface area contributed by atoms with Crippen molar-refractivity contribution in [2.45, 2.75) is 19.9 Å². The molecule has 2 amide bonds. The van der Waals surface area contributed by atoms with Gasteiger partial charge in [-0.05, 0) is 30.2 Å². The summed E-state index contributed by atoms with van der Waals surface area (Å²) in [4.78, 5) is 43.6. The Morgan fingerprint density at radius 1 is 1.30 bits per heavy atom. The molecule has 8 nitrogen and oxygen atoms in total. The van der Waals surface area contributed by atoms with Crippen LogP contribution in [0.1, 0.15) is 35.2 Å². The molecular formula is C21H25BrN4O4. The minimum Gasteiger partial charge on any atom is -0.466 e. The molecule has 1 aromatic carbocycles. The van der Waals surface area contributed by atoms with Gasteiger partial charge < -0.3 is 19.1 Å². The Bertz CT molecular complexity index is 968. The Labute approximate surface area is 184 Å². The van der Waals surface area contributed by atoms with Crippen molar-refractivity contribution in [3.63, 3.8) is 0 Å². The largest absolute Gasteiger partial charge is 0.466 e. The Balaban J connectivity index is 2.66. The zero-order chi connectivity index (χ0) is 22.4. The van der Waals surface area contributed by atoms with E-state index >= 15 is 0 Å². The number of hydrogen-bond donors (Lipinski definition) is 0. The van der Waals surface area contributed by atoms with Crippen molar-refractivity contribution in [2.24, 2.45) is 0 Å². The monoisotopic (exact) mass is 476 g/mol. The van der Waals surface area contributed by atoms with Gasteiger partial charge in [-0.15, -0.1) is 0 Å². The molecule has 0 bridgehead atoms. The fourth-order valence-electron chi connectivity index (χ4n) is 2.87. The van der Waals surface area contributed by atoms with E-state index in [1.54, 1.807) is 25.6 Å². The maximum atomic E-state index is 13.0. The number of carbonyl (C=O) groups is 3. The van der Waals surface area contributed by atoms with Gasteiger partial charge in [0.05, 0.1) is 13.0 Å². The van der Waals surface area contributed by atoms with E-state index in [9.17, 15) is 14.4 Å². The van der Waals surface area contributed by atoms with Gasteiger partial charge in [0.1, 0.15) is 5.82 Å². The number of rotatable bonds is 9. The molecular weight excluding hydrogens is 452 g/mol. The Morgan fingerprint density at radius 2 is 2.00 bits per heavy atom. The fourth-order valence-corrected chi connectivity index (χ4v) is 3.31. The van der Waals surface area contributed by atoms with Crippen LogP contribution in [-0.2, 0) is 20.9 Å². The molecule has 0 saturated heterocycles. The van der Waals surface area contributed by atoms with E-state index in [0.29, 0.717) is 24.4 Å². The van der Waals surface area contributed by atoms with Crippen molar-refractivity contribution >= 4 is 45.6 Å². The summed E-state index contributed by atoms with van der Waals surface area (Å²) in [6.45, 7) is 6.26. The number of benzene rings is 1. The van der Waals surface area contributed by atoms with Crippen LogP contribution in [0.25, 0.3) is 5.57 Å². The number of esters is 1. The summed E-state index contributed by atoms with van der Waals surface area (Å²) in [6.07, 6.45) is 0.499. The van der Waals surface area contributed by atoms with Gasteiger partial charge in [-0.25, -0.2) is 4.98 Å². The summed E-state index contributed by atoms with van der Waals surface area (Å²) in [5.41, 5.74) is 1.52. The van der Waals surface area contributed by atoms with Crippen molar-refractivity contribution in [3.8, 4) is 0 Å². The van der Waals surface area contributed by atoms with Crippen molar-refractivity contribution in [3.05, 3.63) is 52.4 Å². The highest BCUT2D eigenvalue weighted by Gasteiger charge is 2.28. The molecule has 0 radical (unpaired) electrons. The molecule has 0 fully saturated rings. The van der Waals surface area contributed by atoms with E-state index in [0.717, 1.165) is 10.0 Å². The number of hydrogen-bond acceptors (Lipinski definition) is 5. The third-order valence-electron chi connectivity index (χ3n) is 4.26. The van der Waals surface area contributed by atoms with Crippen LogP contribution in [-0.4, -0.2) is 60.5 Å². The lowest BCUT2D eigenvalue weighted by Gasteiger charge is -2.17. The third kappa shape index (κ3) is 5.35. The second-order valence-electron chi connectivity index (χ2n) is 6.82. The van der Waals surface area contributed by atoms with Crippen LogP contribution in [0.15, 0.2) is 35.3 Å². The molecule has 0 aliphatic carbocycles. The number of amides is 2. The standard InChI is InChI=1S/C21H25BrN4O4/c1-6-30-17(28)10-14(2)19-23-20(25(5)13-27)18(21(29)24(3)4)26(19)12-15-8-7-9-16(22)11-15/h7-9,11,13H,2,6,10,12H2,1,3-5H3. The van der Waals surface area contributed by atoms with E-state index in [1.165, 1.54) is 16.8 Å². The normalized spacial score (nSPS) is 10.4. The SMILES string of the molecule is C=C(CC(=O)OCC)c1nc(N(C)C=O)c(C(=O)N(C)C)n1Cc1cccc(Br)c1. The molecule has 0 aliphatic heterocycles. The summed E-state index contributed by atoms with van der Waals surface area (Å²) < 4.78 is 7.58. The van der Waals surface area contributed by atoms with Crippen molar-refractivity contribution in [2.75, 3.05) is 32.6 Å². The molecule has 1 aromatic heterocycles. The van der Waals surface area contributed by atoms with E-state index in [1.807, 2.05) is 24.3 Å². The maximum Gasteiger partial charge on any atom is 0.310 e. The first-order valence-corrected chi connectivity index (χ1v) is 10.1. The summed E-state index contributed by atoms with van der Waals surface area (Å²) >= 11 is 3.45. The second-order valence-corrected chi connectivity index (χ2v) is 7.74. The van der Waals surface area contributed by atoms with Crippen molar-refractivity contribution < 1.29 is 19.1 Å². The Hall–Kier alpha value is -2.94. The average Bonchev–Trinajstić information content (AvgIpc) is 3.05. The molecule has 0 saturated carbocycles. The Kier molecular flexibility index (Phi) is 7.93. The van der Waals surface area contributed by atoms with Crippen LogP contribution in [0.4, 0.5) is 5.82 Å². The third-order valence-corrected chi connectivity index (χ3v) is 4.75. The predicted octanol–water partition coefficient (Wildman–Crippen LogP) is 2.95. The highest BCUT2D eigenvalue weighted by atomic mass is 79.9. The number of aromatic nitrogens is 2. The number of nitrogens with zero attached hydrogens (tertiary/aromatic N) is 4. The first-order chi connectivity index (χ1) is 14.2. The lowest BCUT2D eigenvalue weighted by atomic mass is 10.2. The van der Waals surface area contributed by atoms with Crippen LogP contribution in [0.2, 0.25) is 0 Å². The summed E-state index contributed by atoms with van der Waals surface area (Å²) in [5, 5.41) is 0. The lowest BCUT2D eigenvalue weighted by Crippen LogP contribution is -2.28.